The van der Waals surface area contributed by atoms with Crippen molar-refractivity contribution in [2.75, 3.05) is 34.0 Å². The number of nitrogens with one attached hydrogen (secondary N) is 1. The molecule has 2 aromatic rings. The summed E-state index contributed by atoms with van der Waals surface area (Å²) < 4.78 is 16.4. The molecule has 2 N–H and O–H groups in total. The fraction of sp³-hybridized carbons (Fsp3) is 0.474. The Labute approximate surface area is 158 Å². The van der Waals surface area contributed by atoms with Crippen LogP contribution in [0.15, 0.2) is 18.2 Å². The Bertz CT molecular complexity index is 820. The summed E-state index contributed by atoms with van der Waals surface area (Å²) in [5.74, 6) is 1.63. The van der Waals surface area contributed by atoms with Gasteiger partial charge >= 0.3 is 0 Å². The maximum absolute atomic E-state index is 13.2. The number of imidazole rings is 1. The lowest BCUT2D eigenvalue weighted by Crippen LogP contribution is -2.49. The zero-order valence-corrected chi connectivity index (χ0v) is 16.0. The summed E-state index contributed by atoms with van der Waals surface area (Å²) in [5.41, 5.74) is 1.90. The number of ether oxygens (including phenoxy) is 3. The number of carbonyl (C=O) groups is 1. The molecule has 0 unspecified atom stereocenters. The van der Waals surface area contributed by atoms with E-state index in [1.807, 2.05) is 26.0 Å². The third kappa shape index (κ3) is 3.63. The number of aryl methyl sites for hydroxylation is 2. The standard InChI is InChI=1S/C19H25N3O5/c1-11-17(21-12(2)20-11)19(24)22-7-8-27-16(10-23)18(22)13-5-6-14(25-3)15(9-13)26-4/h5-6,9,16,18,23H,7-8,10H2,1-4H3,(H,20,21)/t16-,18-/m0/s1. The topological polar surface area (TPSA) is 96.9 Å². The number of morpholine rings is 1. The van der Waals surface area contributed by atoms with Crippen molar-refractivity contribution in [1.82, 2.24) is 14.9 Å². The summed E-state index contributed by atoms with van der Waals surface area (Å²) >= 11 is 0. The normalized spacial score (nSPS) is 19.8. The lowest BCUT2D eigenvalue weighted by atomic mass is 9.97. The Kier molecular flexibility index (Phi) is 5.67. The Morgan fingerprint density at radius 1 is 1.33 bits per heavy atom. The Morgan fingerprint density at radius 3 is 2.67 bits per heavy atom. The van der Waals surface area contributed by atoms with Crippen molar-refractivity contribution in [3.63, 3.8) is 0 Å². The highest BCUT2D eigenvalue weighted by molar-refractivity contribution is 5.94. The molecule has 146 valence electrons. The molecule has 0 saturated carbocycles. The van der Waals surface area contributed by atoms with Crippen LogP contribution in [0.4, 0.5) is 0 Å². The van der Waals surface area contributed by atoms with Crippen LogP contribution in [-0.2, 0) is 4.74 Å². The molecule has 27 heavy (non-hydrogen) atoms. The van der Waals surface area contributed by atoms with Crippen LogP contribution in [0, 0.1) is 13.8 Å². The number of methoxy groups -OCH3 is 2. The Balaban J connectivity index is 2.02. The molecule has 0 radical (unpaired) electrons. The largest absolute Gasteiger partial charge is 0.493 e. The summed E-state index contributed by atoms with van der Waals surface area (Å²) in [4.78, 5) is 22.3. The first-order valence-electron chi connectivity index (χ1n) is 8.78. The van der Waals surface area contributed by atoms with Crippen LogP contribution in [0.25, 0.3) is 0 Å². The number of aromatic nitrogens is 2. The molecule has 1 amide bonds. The highest BCUT2D eigenvalue weighted by Crippen LogP contribution is 2.36. The van der Waals surface area contributed by atoms with Crippen LogP contribution < -0.4 is 9.47 Å². The van der Waals surface area contributed by atoms with Crippen LogP contribution in [0.2, 0.25) is 0 Å². The van der Waals surface area contributed by atoms with Crippen LogP contribution in [-0.4, -0.2) is 66.0 Å². The van der Waals surface area contributed by atoms with Gasteiger partial charge in [-0.05, 0) is 31.5 Å². The molecule has 0 bridgehead atoms. The van der Waals surface area contributed by atoms with Crippen LogP contribution in [0.1, 0.15) is 33.6 Å². The first-order valence-corrected chi connectivity index (χ1v) is 8.78. The van der Waals surface area contributed by atoms with Crippen LogP contribution in [0.3, 0.4) is 0 Å². The molecule has 2 atom stereocenters. The van der Waals surface area contributed by atoms with Crippen LogP contribution >= 0.6 is 0 Å². The number of amides is 1. The van der Waals surface area contributed by atoms with Gasteiger partial charge in [0, 0.05) is 12.2 Å². The molecule has 1 aromatic heterocycles. The van der Waals surface area contributed by atoms with Gasteiger partial charge in [0.1, 0.15) is 17.6 Å². The van der Waals surface area contributed by atoms with Crippen molar-refractivity contribution in [2.45, 2.75) is 26.0 Å². The molecule has 1 aromatic carbocycles. The van der Waals surface area contributed by atoms with E-state index in [2.05, 4.69) is 9.97 Å². The van der Waals surface area contributed by atoms with Crippen molar-refractivity contribution in [1.29, 1.82) is 0 Å². The smallest absolute Gasteiger partial charge is 0.275 e. The van der Waals surface area contributed by atoms with E-state index >= 15 is 0 Å². The van der Waals surface area contributed by atoms with E-state index in [4.69, 9.17) is 14.2 Å². The highest BCUT2D eigenvalue weighted by Gasteiger charge is 2.38. The first-order chi connectivity index (χ1) is 13.0. The van der Waals surface area contributed by atoms with Gasteiger partial charge in [-0.1, -0.05) is 6.07 Å². The number of benzene rings is 1. The van der Waals surface area contributed by atoms with Gasteiger partial charge in [0.15, 0.2) is 11.5 Å². The number of aliphatic hydroxyl groups excluding tert-OH is 1. The number of aliphatic hydroxyl groups is 1. The zero-order chi connectivity index (χ0) is 19.6. The van der Waals surface area contributed by atoms with Gasteiger partial charge < -0.3 is 29.2 Å². The second-order valence-electron chi connectivity index (χ2n) is 6.45. The molecule has 1 aliphatic rings. The predicted molar refractivity (Wildman–Crippen MR) is 98.2 cm³/mol. The Hall–Kier alpha value is -2.58. The fourth-order valence-corrected chi connectivity index (χ4v) is 3.50. The summed E-state index contributed by atoms with van der Waals surface area (Å²) in [6, 6.07) is 4.98. The third-order valence-corrected chi connectivity index (χ3v) is 4.75. The van der Waals surface area contributed by atoms with Gasteiger partial charge in [-0.2, -0.15) is 0 Å². The number of hydrogen-bond donors (Lipinski definition) is 2. The molecular formula is C19H25N3O5. The minimum atomic E-state index is -0.541. The molecule has 0 aliphatic carbocycles. The van der Waals surface area contributed by atoms with Crippen molar-refractivity contribution >= 4 is 5.91 Å². The Morgan fingerprint density at radius 2 is 2.07 bits per heavy atom. The number of H-pyrrole nitrogens is 1. The number of carbonyl (C=O) groups excluding carboxylic acids is 1. The number of nitrogens with zero attached hydrogens (tertiary/aromatic N) is 2. The van der Waals surface area contributed by atoms with E-state index in [9.17, 15) is 9.90 Å². The SMILES string of the molecule is COc1ccc([C@H]2[C@H](CO)OCCN2C(=O)c2nc(C)[nH]c2C)cc1OC. The molecule has 1 fully saturated rings. The molecule has 0 spiro atoms. The van der Waals surface area contributed by atoms with Crippen molar-refractivity contribution < 1.29 is 24.1 Å². The van der Waals surface area contributed by atoms with Gasteiger partial charge in [-0.25, -0.2) is 4.98 Å². The van der Waals surface area contributed by atoms with E-state index in [0.29, 0.717) is 36.2 Å². The van der Waals surface area contributed by atoms with Crippen molar-refractivity contribution in [3.05, 3.63) is 41.0 Å². The van der Waals surface area contributed by atoms with Gasteiger partial charge in [-0.3, -0.25) is 4.79 Å². The predicted octanol–water partition coefficient (Wildman–Crippen LogP) is 1.62. The van der Waals surface area contributed by atoms with Crippen molar-refractivity contribution in [3.8, 4) is 11.5 Å². The third-order valence-electron chi connectivity index (χ3n) is 4.75. The second kappa shape index (κ2) is 7.98. The maximum Gasteiger partial charge on any atom is 0.275 e. The van der Waals surface area contributed by atoms with Gasteiger partial charge in [0.2, 0.25) is 0 Å². The number of hydrogen-bond acceptors (Lipinski definition) is 6. The molecular weight excluding hydrogens is 350 g/mol. The summed E-state index contributed by atoms with van der Waals surface area (Å²) in [6.07, 6.45) is -0.541. The number of rotatable bonds is 5. The average molecular weight is 375 g/mol. The van der Waals surface area contributed by atoms with E-state index in [-0.39, 0.29) is 12.5 Å². The van der Waals surface area contributed by atoms with E-state index < -0.39 is 12.1 Å². The lowest BCUT2D eigenvalue weighted by Gasteiger charge is -2.40. The first kappa shape index (κ1) is 19.2. The molecule has 8 heteroatoms. The molecule has 1 aliphatic heterocycles. The fourth-order valence-electron chi connectivity index (χ4n) is 3.50. The minimum absolute atomic E-state index is 0.196. The molecule has 3 rings (SSSR count). The van der Waals surface area contributed by atoms with E-state index in [1.165, 1.54) is 0 Å². The van der Waals surface area contributed by atoms with Gasteiger partial charge in [0.25, 0.3) is 5.91 Å². The molecule has 8 nitrogen and oxygen atoms in total. The summed E-state index contributed by atoms with van der Waals surface area (Å²) in [7, 11) is 3.12. The summed E-state index contributed by atoms with van der Waals surface area (Å²) in [5, 5.41) is 9.84. The monoisotopic (exact) mass is 375 g/mol. The van der Waals surface area contributed by atoms with Gasteiger partial charge in [-0.15, -0.1) is 0 Å². The zero-order valence-electron chi connectivity index (χ0n) is 16.0. The minimum Gasteiger partial charge on any atom is -0.493 e. The second-order valence-corrected chi connectivity index (χ2v) is 6.45. The average Bonchev–Trinajstić information content (AvgIpc) is 3.04. The van der Waals surface area contributed by atoms with E-state index in [0.717, 1.165) is 11.3 Å². The van der Waals surface area contributed by atoms with Gasteiger partial charge in [0.05, 0.1) is 33.5 Å². The van der Waals surface area contributed by atoms with E-state index in [1.54, 1.807) is 25.2 Å². The number of aromatic amines is 1. The highest BCUT2D eigenvalue weighted by atomic mass is 16.5. The van der Waals surface area contributed by atoms with Crippen LogP contribution in [0.5, 0.6) is 11.5 Å². The maximum atomic E-state index is 13.2. The van der Waals surface area contributed by atoms with Crippen molar-refractivity contribution in [2.24, 2.45) is 0 Å². The lowest BCUT2D eigenvalue weighted by molar-refractivity contribution is -0.0813. The molecule has 1 saturated heterocycles. The molecule has 2 heterocycles. The summed E-state index contributed by atoms with van der Waals surface area (Å²) in [6.45, 7) is 4.18. The quantitative estimate of drug-likeness (QED) is 0.824.